The SMILES string of the molecule is O=C1CC2C=CC=CC2=Cc2ccccc21. The van der Waals surface area contributed by atoms with Gasteiger partial charge in [-0.15, -0.1) is 0 Å². The number of Topliss-reactive ketones (excluding diaryl/α,β-unsaturated/α-hetero) is 1. The maximum atomic E-state index is 12.1. The van der Waals surface area contributed by atoms with Gasteiger partial charge in [0.15, 0.2) is 5.78 Å². The summed E-state index contributed by atoms with van der Waals surface area (Å²) in [5.74, 6) is 0.497. The topological polar surface area (TPSA) is 17.1 Å². The first-order valence-electron chi connectivity index (χ1n) is 5.53. The van der Waals surface area contributed by atoms with Crippen molar-refractivity contribution < 1.29 is 4.79 Å². The van der Waals surface area contributed by atoms with Gasteiger partial charge < -0.3 is 0 Å². The molecule has 1 nitrogen and oxygen atoms in total. The molecule has 78 valence electrons. The second kappa shape index (κ2) is 3.60. The number of hydrogen-bond acceptors (Lipinski definition) is 1. The lowest BCUT2D eigenvalue weighted by atomic mass is 9.91. The number of allylic oxidation sites excluding steroid dienone is 5. The average molecular weight is 208 g/mol. The maximum absolute atomic E-state index is 12.1. The molecular weight excluding hydrogens is 196 g/mol. The standard InChI is InChI=1S/C15H12O/c16-15-10-12-6-2-1-5-11(12)9-13-7-3-4-8-14(13)15/h1-9,12H,10H2. The van der Waals surface area contributed by atoms with E-state index in [0.717, 1.165) is 11.1 Å². The molecule has 1 aromatic rings. The number of rotatable bonds is 0. The van der Waals surface area contributed by atoms with Crippen LogP contribution in [0.5, 0.6) is 0 Å². The molecule has 0 aromatic heterocycles. The Hall–Kier alpha value is -1.89. The van der Waals surface area contributed by atoms with Gasteiger partial charge in [-0.2, -0.15) is 0 Å². The average Bonchev–Trinajstić information content (AvgIpc) is 2.45. The normalized spacial score (nSPS) is 22.1. The maximum Gasteiger partial charge on any atom is 0.164 e. The van der Waals surface area contributed by atoms with Crippen molar-refractivity contribution >= 4 is 11.9 Å². The van der Waals surface area contributed by atoms with Crippen LogP contribution in [-0.4, -0.2) is 5.78 Å². The van der Waals surface area contributed by atoms with Crippen molar-refractivity contribution in [3.63, 3.8) is 0 Å². The second-order valence-corrected chi connectivity index (χ2v) is 4.21. The van der Waals surface area contributed by atoms with Crippen LogP contribution >= 0.6 is 0 Å². The van der Waals surface area contributed by atoms with Gasteiger partial charge in [-0.3, -0.25) is 4.79 Å². The Morgan fingerprint density at radius 1 is 1.12 bits per heavy atom. The van der Waals surface area contributed by atoms with Crippen LogP contribution in [0.2, 0.25) is 0 Å². The van der Waals surface area contributed by atoms with Gasteiger partial charge in [-0.05, 0) is 11.1 Å². The summed E-state index contributed by atoms with van der Waals surface area (Å²) in [7, 11) is 0. The molecule has 2 aliphatic rings. The molecule has 3 rings (SSSR count). The number of carbonyl (C=O) groups is 1. The molecule has 1 aromatic carbocycles. The third kappa shape index (κ3) is 1.45. The van der Waals surface area contributed by atoms with E-state index in [1.165, 1.54) is 5.57 Å². The van der Waals surface area contributed by atoms with E-state index in [9.17, 15) is 4.79 Å². The zero-order valence-electron chi connectivity index (χ0n) is 8.89. The highest BCUT2D eigenvalue weighted by Gasteiger charge is 2.22. The van der Waals surface area contributed by atoms with Gasteiger partial charge in [0, 0.05) is 17.9 Å². The number of hydrogen-bond donors (Lipinski definition) is 0. The Balaban J connectivity index is 2.16. The molecule has 0 aliphatic heterocycles. The van der Waals surface area contributed by atoms with Crippen LogP contribution in [0.15, 0.2) is 54.1 Å². The van der Waals surface area contributed by atoms with Crippen LogP contribution in [0.25, 0.3) is 6.08 Å². The molecule has 1 atom stereocenters. The zero-order valence-corrected chi connectivity index (χ0v) is 8.89. The van der Waals surface area contributed by atoms with Crippen molar-refractivity contribution in [3.05, 3.63) is 65.3 Å². The fourth-order valence-electron chi connectivity index (χ4n) is 2.31. The van der Waals surface area contributed by atoms with Crippen LogP contribution < -0.4 is 0 Å². The molecule has 0 radical (unpaired) electrons. The zero-order chi connectivity index (χ0) is 11.0. The van der Waals surface area contributed by atoms with Gasteiger partial charge >= 0.3 is 0 Å². The van der Waals surface area contributed by atoms with Gasteiger partial charge in [-0.1, -0.05) is 54.6 Å². The molecule has 0 saturated carbocycles. The summed E-state index contributed by atoms with van der Waals surface area (Å²) in [4.78, 5) is 12.1. The quantitative estimate of drug-likeness (QED) is 0.638. The van der Waals surface area contributed by atoms with Crippen LogP contribution in [0.1, 0.15) is 22.3 Å². The molecule has 0 bridgehead atoms. The van der Waals surface area contributed by atoms with E-state index in [1.54, 1.807) is 0 Å². The van der Waals surface area contributed by atoms with Crippen LogP contribution in [0, 0.1) is 5.92 Å². The first-order valence-corrected chi connectivity index (χ1v) is 5.53. The summed E-state index contributed by atoms with van der Waals surface area (Å²) in [5.41, 5.74) is 3.14. The highest BCUT2D eigenvalue weighted by molar-refractivity contribution is 6.01. The number of benzene rings is 1. The van der Waals surface area contributed by atoms with E-state index < -0.39 is 0 Å². The smallest absolute Gasteiger partial charge is 0.164 e. The minimum atomic E-state index is 0.242. The summed E-state index contributed by atoms with van der Waals surface area (Å²) in [6.45, 7) is 0. The van der Waals surface area contributed by atoms with E-state index in [2.05, 4.69) is 18.2 Å². The van der Waals surface area contributed by atoms with E-state index in [1.807, 2.05) is 36.4 Å². The van der Waals surface area contributed by atoms with Crippen molar-refractivity contribution in [2.75, 3.05) is 0 Å². The predicted octanol–water partition coefficient (Wildman–Crippen LogP) is 3.40. The van der Waals surface area contributed by atoms with E-state index >= 15 is 0 Å². The minimum Gasteiger partial charge on any atom is -0.294 e. The summed E-state index contributed by atoms with van der Waals surface area (Å²) in [6.07, 6.45) is 11.0. The van der Waals surface area contributed by atoms with Gasteiger partial charge in [0.1, 0.15) is 0 Å². The summed E-state index contributed by atoms with van der Waals surface area (Å²) < 4.78 is 0. The molecule has 0 fully saturated rings. The molecule has 1 unspecified atom stereocenters. The van der Waals surface area contributed by atoms with Crippen LogP contribution in [0.3, 0.4) is 0 Å². The van der Waals surface area contributed by atoms with E-state index in [4.69, 9.17) is 0 Å². The monoisotopic (exact) mass is 208 g/mol. The third-order valence-electron chi connectivity index (χ3n) is 3.16. The molecular formula is C15H12O. The third-order valence-corrected chi connectivity index (χ3v) is 3.16. The lowest BCUT2D eigenvalue weighted by molar-refractivity contribution is 0.0975. The van der Waals surface area contributed by atoms with Crippen molar-refractivity contribution in [1.82, 2.24) is 0 Å². The predicted molar refractivity (Wildman–Crippen MR) is 65.1 cm³/mol. The molecule has 0 heterocycles. The first-order chi connectivity index (χ1) is 7.84. The summed E-state index contributed by atoms with van der Waals surface area (Å²) in [5, 5.41) is 0. The van der Waals surface area contributed by atoms with Crippen LogP contribution in [0.4, 0.5) is 0 Å². The van der Waals surface area contributed by atoms with Crippen LogP contribution in [-0.2, 0) is 0 Å². The fraction of sp³-hybridized carbons (Fsp3) is 0.133. The molecule has 2 aliphatic carbocycles. The number of carbonyl (C=O) groups excluding carboxylic acids is 1. The Morgan fingerprint density at radius 2 is 2.00 bits per heavy atom. The van der Waals surface area contributed by atoms with Gasteiger partial charge in [0.2, 0.25) is 0 Å². The second-order valence-electron chi connectivity index (χ2n) is 4.21. The van der Waals surface area contributed by atoms with Crippen molar-refractivity contribution in [2.24, 2.45) is 5.92 Å². The lowest BCUT2D eigenvalue weighted by Crippen LogP contribution is -2.07. The van der Waals surface area contributed by atoms with Gasteiger partial charge in [0.25, 0.3) is 0 Å². The van der Waals surface area contributed by atoms with E-state index in [0.29, 0.717) is 6.42 Å². The summed E-state index contributed by atoms with van der Waals surface area (Å²) >= 11 is 0. The van der Waals surface area contributed by atoms with Crippen molar-refractivity contribution in [1.29, 1.82) is 0 Å². The summed E-state index contributed by atoms with van der Waals surface area (Å²) in [6, 6.07) is 7.83. The van der Waals surface area contributed by atoms with Gasteiger partial charge in [0.05, 0.1) is 0 Å². The lowest BCUT2D eigenvalue weighted by Gasteiger charge is -2.13. The number of fused-ring (bicyclic) bond motifs is 2. The Kier molecular flexibility index (Phi) is 2.10. The molecule has 16 heavy (non-hydrogen) atoms. The first kappa shape index (κ1) is 9.34. The largest absolute Gasteiger partial charge is 0.294 e. The fourth-order valence-corrected chi connectivity index (χ4v) is 2.31. The molecule has 0 spiro atoms. The minimum absolute atomic E-state index is 0.242. The Bertz CT molecular complexity index is 532. The Labute approximate surface area is 94.8 Å². The highest BCUT2D eigenvalue weighted by Crippen LogP contribution is 2.30. The number of ketones is 1. The molecule has 1 heteroatoms. The van der Waals surface area contributed by atoms with Crippen molar-refractivity contribution in [2.45, 2.75) is 6.42 Å². The molecule has 0 amide bonds. The molecule has 0 saturated heterocycles. The Morgan fingerprint density at radius 3 is 2.94 bits per heavy atom. The van der Waals surface area contributed by atoms with Gasteiger partial charge in [-0.25, -0.2) is 0 Å². The molecule has 0 N–H and O–H groups in total. The van der Waals surface area contributed by atoms with E-state index in [-0.39, 0.29) is 11.7 Å². The van der Waals surface area contributed by atoms with Crippen molar-refractivity contribution in [3.8, 4) is 0 Å². The highest BCUT2D eigenvalue weighted by atomic mass is 16.1.